The van der Waals surface area contributed by atoms with Crippen LogP contribution in [0.2, 0.25) is 0 Å². The Morgan fingerprint density at radius 3 is 2.94 bits per heavy atom. The van der Waals surface area contributed by atoms with Gasteiger partial charge in [-0.15, -0.1) is 0 Å². The Kier molecular flexibility index (Phi) is 4.48. The number of carbonyl (C=O) groups is 2. The molecule has 0 spiro atoms. The van der Waals surface area contributed by atoms with Crippen LogP contribution in [0.4, 0.5) is 0 Å². The predicted molar refractivity (Wildman–Crippen MR) is 111 cm³/mol. The molecule has 2 aliphatic heterocycles. The lowest BCUT2D eigenvalue weighted by Crippen LogP contribution is -2.49. The fraction of sp³-hybridized carbons (Fsp3) is 0.273. The number of hydrogen-bond donors (Lipinski definition) is 2. The molecule has 9 nitrogen and oxygen atoms in total. The average molecular weight is 420 g/mol. The van der Waals surface area contributed by atoms with E-state index in [0.717, 1.165) is 16.5 Å². The van der Waals surface area contributed by atoms with E-state index >= 15 is 0 Å². The number of fused-ring (bicyclic) bond motifs is 3. The lowest BCUT2D eigenvalue weighted by Gasteiger charge is -2.33. The number of nitrogens with one attached hydrogen (secondary N) is 1. The number of ether oxygens (including phenoxy) is 1. The second kappa shape index (κ2) is 7.21. The summed E-state index contributed by atoms with van der Waals surface area (Å²) in [7, 11) is 0. The third-order valence-electron chi connectivity index (χ3n) is 5.78. The van der Waals surface area contributed by atoms with Crippen molar-refractivity contribution in [3.05, 3.63) is 69.8 Å². The van der Waals surface area contributed by atoms with Crippen LogP contribution in [0.1, 0.15) is 33.3 Å². The Hall–Kier alpha value is -3.72. The van der Waals surface area contributed by atoms with E-state index in [4.69, 9.17) is 4.74 Å². The van der Waals surface area contributed by atoms with Crippen LogP contribution < -0.4 is 10.7 Å². The Balaban J connectivity index is 1.45. The number of hydrogen-bond acceptors (Lipinski definition) is 6. The molecule has 31 heavy (non-hydrogen) atoms. The zero-order valence-electron chi connectivity index (χ0n) is 16.7. The molecule has 0 radical (unpaired) electrons. The van der Waals surface area contributed by atoms with Gasteiger partial charge in [-0.3, -0.25) is 19.4 Å². The van der Waals surface area contributed by atoms with Crippen LogP contribution >= 0.6 is 0 Å². The van der Waals surface area contributed by atoms with Crippen LogP contribution in [-0.2, 0) is 17.8 Å². The molecular weight excluding hydrogens is 400 g/mol. The number of benzene rings is 1. The van der Waals surface area contributed by atoms with Gasteiger partial charge in [-0.05, 0) is 24.6 Å². The predicted octanol–water partition coefficient (Wildman–Crippen LogP) is 1.23. The minimum atomic E-state index is -0.872. The number of aromatic hydroxyl groups is 1. The highest BCUT2D eigenvalue weighted by Gasteiger charge is 2.42. The number of para-hydroxylation sites is 1. The monoisotopic (exact) mass is 420 g/mol. The normalized spacial score (nSPS) is 19.9. The van der Waals surface area contributed by atoms with Crippen molar-refractivity contribution in [3.63, 3.8) is 0 Å². The van der Waals surface area contributed by atoms with Crippen molar-refractivity contribution in [1.82, 2.24) is 19.8 Å². The fourth-order valence-electron chi connectivity index (χ4n) is 4.22. The topological polar surface area (TPSA) is 114 Å². The average Bonchev–Trinajstić information content (AvgIpc) is 3.15. The maximum absolute atomic E-state index is 12.8. The van der Waals surface area contributed by atoms with Gasteiger partial charge >= 0.3 is 0 Å². The maximum atomic E-state index is 12.8. The molecule has 0 unspecified atom stereocenters. The largest absolute Gasteiger partial charge is 0.503 e. The quantitative estimate of drug-likeness (QED) is 0.659. The van der Waals surface area contributed by atoms with Gasteiger partial charge in [-0.25, -0.2) is 0 Å². The highest BCUT2D eigenvalue weighted by molar-refractivity contribution is 5.99. The van der Waals surface area contributed by atoms with Gasteiger partial charge in [0.25, 0.3) is 11.8 Å². The lowest BCUT2D eigenvalue weighted by molar-refractivity contribution is 0.00624. The zero-order valence-corrected chi connectivity index (χ0v) is 16.7. The van der Waals surface area contributed by atoms with Crippen molar-refractivity contribution >= 4 is 22.7 Å². The van der Waals surface area contributed by atoms with E-state index in [-0.39, 0.29) is 30.4 Å². The van der Waals surface area contributed by atoms with Gasteiger partial charge in [-0.1, -0.05) is 18.2 Å². The molecule has 4 heterocycles. The summed E-state index contributed by atoms with van der Waals surface area (Å²) in [5.41, 5.74) is 0.431. The van der Waals surface area contributed by atoms with E-state index in [9.17, 15) is 19.5 Å². The number of aromatic nitrogens is 2. The molecule has 3 aromatic rings. The first-order chi connectivity index (χ1) is 15.0. The minimum absolute atomic E-state index is 0.115. The molecular formula is C22H20N4O5. The van der Waals surface area contributed by atoms with Crippen molar-refractivity contribution in [2.75, 3.05) is 6.61 Å². The van der Waals surface area contributed by atoms with Gasteiger partial charge in [0.05, 0.1) is 24.7 Å². The summed E-state index contributed by atoms with van der Waals surface area (Å²) in [5, 5.41) is 14.1. The highest BCUT2D eigenvalue weighted by atomic mass is 16.5. The van der Waals surface area contributed by atoms with E-state index < -0.39 is 29.2 Å². The molecule has 2 aromatic heterocycles. The Bertz CT molecular complexity index is 1280. The van der Waals surface area contributed by atoms with Crippen molar-refractivity contribution in [1.29, 1.82) is 0 Å². The molecule has 2 aliphatic rings. The maximum Gasteiger partial charge on any atom is 0.276 e. The number of rotatable bonds is 3. The molecule has 2 N–H and O–H groups in total. The standard InChI is InChI=1S/C22H20N4O5/c1-12-11-31-17-10-25-9-15(19(27)20(28)18(25)22(30)26(12)17)21(29)24-8-13-6-7-23-16-5-3-2-4-14(13)16/h2-7,9,12,17,28H,8,10-11H2,1H3,(H,24,29)/t12-,17+/m0/s1. The fourth-order valence-corrected chi connectivity index (χ4v) is 4.22. The molecule has 2 atom stereocenters. The molecule has 1 fully saturated rings. The lowest BCUT2D eigenvalue weighted by atomic mass is 10.1. The van der Waals surface area contributed by atoms with Crippen molar-refractivity contribution < 1.29 is 19.4 Å². The molecule has 9 heteroatoms. The zero-order chi connectivity index (χ0) is 21.7. The Labute approximate surface area is 176 Å². The van der Waals surface area contributed by atoms with Crippen LogP contribution in [0, 0.1) is 0 Å². The Morgan fingerprint density at radius 2 is 2.10 bits per heavy atom. The van der Waals surface area contributed by atoms with E-state index in [1.54, 1.807) is 12.3 Å². The first-order valence-corrected chi connectivity index (χ1v) is 9.97. The van der Waals surface area contributed by atoms with Crippen LogP contribution in [0.3, 0.4) is 0 Å². The molecule has 1 aromatic carbocycles. The smallest absolute Gasteiger partial charge is 0.276 e. The number of nitrogens with zero attached hydrogens (tertiary/aromatic N) is 3. The summed E-state index contributed by atoms with van der Waals surface area (Å²) in [6.45, 7) is 2.63. The van der Waals surface area contributed by atoms with E-state index in [1.807, 2.05) is 31.2 Å². The van der Waals surface area contributed by atoms with E-state index in [1.165, 1.54) is 15.7 Å². The third kappa shape index (κ3) is 3.05. The second-order valence-electron chi connectivity index (χ2n) is 7.74. The molecule has 1 saturated heterocycles. The Morgan fingerprint density at radius 1 is 1.29 bits per heavy atom. The van der Waals surface area contributed by atoms with Crippen LogP contribution in [0.25, 0.3) is 10.9 Å². The molecule has 0 saturated carbocycles. The molecule has 5 rings (SSSR count). The van der Waals surface area contributed by atoms with Gasteiger partial charge in [0.15, 0.2) is 17.7 Å². The van der Waals surface area contributed by atoms with Gasteiger partial charge < -0.3 is 24.6 Å². The summed E-state index contributed by atoms with van der Waals surface area (Å²) >= 11 is 0. The summed E-state index contributed by atoms with van der Waals surface area (Å²) in [6.07, 6.45) is 2.48. The molecule has 2 amide bonds. The summed E-state index contributed by atoms with van der Waals surface area (Å²) < 4.78 is 7.06. The molecule has 0 aliphatic carbocycles. The van der Waals surface area contributed by atoms with Gasteiger partial charge in [0.1, 0.15) is 5.56 Å². The molecule has 158 valence electrons. The van der Waals surface area contributed by atoms with Crippen molar-refractivity contribution in [2.45, 2.75) is 32.3 Å². The van der Waals surface area contributed by atoms with Crippen molar-refractivity contribution in [2.24, 2.45) is 0 Å². The van der Waals surface area contributed by atoms with E-state index in [2.05, 4.69) is 10.3 Å². The van der Waals surface area contributed by atoms with Crippen LogP contribution in [0.15, 0.2) is 47.5 Å². The van der Waals surface area contributed by atoms with E-state index in [0.29, 0.717) is 6.61 Å². The van der Waals surface area contributed by atoms with Gasteiger partial charge in [-0.2, -0.15) is 0 Å². The highest BCUT2D eigenvalue weighted by Crippen LogP contribution is 2.29. The first kappa shape index (κ1) is 19.3. The first-order valence-electron chi connectivity index (χ1n) is 9.97. The van der Waals surface area contributed by atoms with Gasteiger partial charge in [0.2, 0.25) is 5.43 Å². The van der Waals surface area contributed by atoms with Gasteiger partial charge in [0, 0.05) is 24.3 Å². The number of carbonyl (C=O) groups excluding carboxylic acids is 2. The van der Waals surface area contributed by atoms with Crippen LogP contribution in [0.5, 0.6) is 5.75 Å². The number of amides is 2. The second-order valence-corrected chi connectivity index (χ2v) is 7.74. The summed E-state index contributed by atoms with van der Waals surface area (Å²) in [6, 6.07) is 9.19. The summed E-state index contributed by atoms with van der Waals surface area (Å²) in [4.78, 5) is 44.1. The van der Waals surface area contributed by atoms with Crippen LogP contribution in [-0.4, -0.2) is 50.2 Å². The number of pyridine rings is 2. The summed E-state index contributed by atoms with van der Waals surface area (Å²) in [5.74, 6) is -1.83. The third-order valence-corrected chi connectivity index (χ3v) is 5.78. The molecule has 0 bridgehead atoms. The van der Waals surface area contributed by atoms with Crippen molar-refractivity contribution in [3.8, 4) is 5.75 Å². The SMILES string of the molecule is C[C@H]1CO[C@@H]2Cn3cc(C(=O)NCc4ccnc5ccccc45)c(=O)c(O)c3C(=O)N12. The minimum Gasteiger partial charge on any atom is -0.503 e.